The molecule has 3 heterocycles. The Hall–Kier alpha value is -3.35. The van der Waals surface area contributed by atoms with Crippen LogP contribution in [-0.4, -0.2) is 56.3 Å². The van der Waals surface area contributed by atoms with E-state index in [4.69, 9.17) is 0 Å². The maximum atomic E-state index is 14.1. The number of amides is 1. The van der Waals surface area contributed by atoms with Gasteiger partial charge in [0.1, 0.15) is 18.8 Å². The molecular weight excluding hydrogens is 386 g/mol. The molecule has 0 aliphatic carbocycles. The number of anilines is 1. The third-order valence-electron chi connectivity index (χ3n) is 3.65. The Kier molecular flexibility index (Phi) is 5.35. The van der Waals surface area contributed by atoms with E-state index in [0.29, 0.717) is 16.6 Å². The normalized spacial score (nSPS) is 12.8. The van der Waals surface area contributed by atoms with Gasteiger partial charge in [-0.05, 0) is 4.98 Å². The second-order valence-corrected chi connectivity index (χ2v) is 5.64. The van der Waals surface area contributed by atoms with Crippen molar-refractivity contribution in [1.29, 1.82) is 0 Å². The molecule has 0 spiro atoms. The van der Waals surface area contributed by atoms with E-state index in [9.17, 15) is 27.5 Å². The molecule has 9 nitrogen and oxygen atoms in total. The smallest absolute Gasteiger partial charge is 0.394 e. The van der Waals surface area contributed by atoms with Crippen LogP contribution in [-0.2, 0) is 4.79 Å². The summed E-state index contributed by atoms with van der Waals surface area (Å²) in [5.74, 6) is -2.49. The molecular formula is C15H14F4N7O2+. The van der Waals surface area contributed by atoms with Crippen molar-refractivity contribution in [1.82, 2.24) is 25.3 Å². The number of aliphatic hydroxyl groups excluding tert-OH is 1. The van der Waals surface area contributed by atoms with E-state index in [1.54, 1.807) is 17.7 Å². The van der Waals surface area contributed by atoms with Crippen LogP contribution in [0.3, 0.4) is 0 Å². The molecule has 148 valence electrons. The van der Waals surface area contributed by atoms with Crippen molar-refractivity contribution in [2.75, 3.05) is 18.5 Å². The first kappa shape index (κ1) is 19.4. The zero-order valence-electron chi connectivity index (χ0n) is 14.0. The van der Waals surface area contributed by atoms with Crippen LogP contribution in [0.5, 0.6) is 0 Å². The number of fused-ring (bicyclic) bond motifs is 1. The van der Waals surface area contributed by atoms with Crippen molar-refractivity contribution in [3.63, 3.8) is 0 Å². The SMILES string of the molecule is O=C(NCC(F)(F)F)[C@H](CO)Nc1nc(-c2c[nH]c3nc[nH+]cc23)ncc1F. The summed E-state index contributed by atoms with van der Waals surface area (Å²) in [5.41, 5.74) is 1.00. The lowest BCUT2D eigenvalue weighted by atomic mass is 10.2. The monoisotopic (exact) mass is 400 g/mol. The molecule has 0 bridgehead atoms. The van der Waals surface area contributed by atoms with E-state index in [2.05, 4.69) is 30.2 Å². The van der Waals surface area contributed by atoms with Gasteiger partial charge in [0.25, 0.3) is 12.0 Å². The highest BCUT2D eigenvalue weighted by atomic mass is 19.4. The average Bonchev–Trinajstić information content (AvgIpc) is 3.09. The highest BCUT2D eigenvalue weighted by Crippen LogP contribution is 2.25. The summed E-state index contributed by atoms with van der Waals surface area (Å²) in [6.07, 6.45) is 0.832. The van der Waals surface area contributed by atoms with Crippen molar-refractivity contribution in [3.8, 4) is 11.4 Å². The number of nitrogens with one attached hydrogen (secondary N) is 4. The minimum absolute atomic E-state index is 0.0731. The van der Waals surface area contributed by atoms with Gasteiger partial charge >= 0.3 is 6.18 Å². The van der Waals surface area contributed by atoms with Gasteiger partial charge in [-0.2, -0.15) is 13.2 Å². The maximum absolute atomic E-state index is 14.1. The molecule has 1 atom stereocenters. The quantitative estimate of drug-likeness (QED) is 0.444. The standard InChI is InChI=1S/C15H13F4N7O2/c16-9-3-22-12(8-2-21-11-7(8)1-20-6-24-11)26-13(9)25-10(4-27)14(28)23-5-15(17,18)19/h1-3,6,10,27H,4-5H2,(H,23,28)(H,20,21,24)(H,22,25,26)/p+1/t10-/m0/s1. The Balaban J connectivity index is 1.84. The number of alkyl halides is 3. The fourth-order valence-electron chi connectivity index (χ4n) is 2.35. The van der Waals surface area contributed by atoms with Crippen LogP contribution >= 0.6 is 0 Å². The fourth-order valence-corrected chi connectivity index (χ4v) is 2.35. The Morgan fingerprint density at radius 3 is 2.86 bits per heavy atom. The predicted octanol–water partition coefficient (Wildman–Crippen LogP) is 0.424. The van der Waals surface area contributed by atoms with E-state index >= 15 is 0 Å². The molecule has 1 amide bonds. The van der Waals surface area contributed by atoms with Crippen LogP contribution in [0, 0.1) is 5.82 Å². The lowest BCUT2D eigenvalue weighted by Crippen LogP contribution is -2.45. The van der Waals surface area contributed by atoms with Gasteiger partial charge in [-0.15, -0.1) is 0 Å². The summed E-state index contributed by atoms with van der Waals surface area (Å²) in [5, 5.41) is 13.8. The first-order chi connectivity index (χ1) is 13.3. The highest BCUT2D eigenvalue weighted by Gasteiger charge is 2.30. The minimum Gasteiger partial charge on any atom is -0.394 e. The van der Waals surface area contributed by atoms with Gasteiger partial charge in [-0.3, -0.25) is 4.79 Å². The Morgan fingerprint density at radius 2 is 2.14 bits per heavy atom. The largest absolute Gasteiger partial charge is 0.405 e. The number of rotatable bonds is 6. The van der Waals surface area contributed by atoms with Gasteiger partial charge in [-0.25, -0.2) is 19.3 Å². The first-order valence-corrected chi connectivity index (χ1v) is 7.86. The lowest BCUT2D eigenvalue weighted by Gasteiger charge is -2.18. The first-order valence-electron chi connectivity index (χ1n) is 7.86. The van der Waals surface area contributed by atoms with Crippen molar-refractivity contribution in [2.45, 2.75) is 12.2 Å². The number of halogens is 4. The van der Waals surface area contributed by atoms with Crippen molar-refractivity contribution in [2.24, 2.45) is 0 Å². The lowest BCUT2D eigenvalue weighted by molar-refractivity contribution is -0.380. The number of aliphatic hydroxyl groups is 1. The molecule has 0 saturated heterocycles. The number of aromatic amines is 2. The van der Waals surface area contributed by atoms with Gasteiger partial charge in [0.15, 0.2) is 17.5 Å². The zero-order valence-corrected chi connectivity index (χ0v) is 14.0. The Labute approximate surface area is 154 Å². The second kappa shape index (κ2) is 7.72. The van der Waals surface area contributed by atoms with E-state index < -0.39 is 42.9 Å². The van der Waals surface area contributed by atoms with Gasteiger partial charge in [0.2, 0.25) is 5.91 Å². The third kappa shape index (κ3) is 4.31. The summed E-state index contributed by atoms with van der Waals surface area (Å²) in [6, 6.07) is -1.54. The van der Waals surface area contributed by atoms with Crippen LogP contribution < -0.4 is 15.6 Å². The topological polar surface area (TPSA) is 130 Å². The summed E-state index contributed by atoms with van der Waals surface area (Å²) in [4.78, 5) is 29.4. The second-order valence-electron chi connectivity index (χ2n) is 5.64. The molecule has 3 aromatic rings. The average molecular weight is 400 g/mol. The van der Waals surface area contributed by atoms with Crippen LogP contribution in [0.1, 0.15) is 0 Å². The molecule has 0 radical (unpaired) electrons. The number of carbonyl (C=O) groups excluding carboxylic acids is 1. The van der Waals surface area contributed by atoms with Gasteiger partial charge in [0.05, 0.1) is 23.8 Å². The van der Waals surface area contributed by atoms with E-state index in [1.165, 1.54) is 6.33 Å². The van der Waals surface area contributed by atoms with Crippen molar-refractivity contribution in [3.05, 3.63) is 30.7 Å². The number of nitrogens with zero attached hydrogens (tertiary/aromatic N) is 3. The molecule has 0 unspecified atom stereocenters. The molecule has 28 heavy (non-hydrogen) atoms. The highest BCUT2D eigenvalue weighted by molar-refractivity contribution is 5.90. The summed E-state index contributed by atoms with van der Waals surface area (Å²) < 4.78 is 50.7. The molecule has 13 heteroatoms. The van der Waals surface area contributed by atoms with Gasteiger partial charge in [0, 0.05) is 6.20 Å². The zero-order chi connectivity index (χ0) is 20.3. The van der Waals surface area contributed by atoms with E-state index in [1.807, 2.05) is 0 Å². The molecule has 0 fully saturated rings. The molecule has 0 saturated carbocycles. The molecule has 0 aliphatic heterocycles. The van der Waals surface area contributed by atoms with Crippen LogP contribution in [0.25, 0.3) is 22.4 Å². The number of aromatic nitrogens is 5. The Bertz CT molecular complexity index is 992. The van der Waals surface area contributed by atoms with Crippen LogP contribution in [0.15, 0.2) is 24.9 Å². The molecule has 3 aromatic heterocycles. The number of carbonyl (C=O) groups is 1. The van der Waals surface area contributed by atoms with Crippen molar-refractivity contribution < 1.29 is 32.4 Å². The maximum Gasteiger partial charge on any atom is 0.405 e. The minimum atomic E-state index is -4.62. The van der Waals surface area contributed by atoms with Crippen molar-refractivity contribution >= 4 is 22.8 Å². The number of H-pyrrole nitrogens is 2. The molecule has 0 aliphatic rings. The Morgan fingerprint density at radius 1 is 1.36 bits per heavy atom. The molecule has 5 N–H and O–H groups in total. The van der Waals surface area contributed by atoms with Gasteiger partial charge < -0.3 is 20.7 Å². The molecule has 3 rings (SSSR count). The van der Waals surface area contributed by atoms with E-state index in [-0.39, 0.29) is 5.82 Å². The van der Waals surface area contributed by atoms with Crippen LogP contribution in [0.4, 0.5) is 23.4 Å². The summed E-state index contributed by atoms with van der Waals surface area (Å²) in [6.45, 7) is -2.46. The number of hydrogen-bond donors (Lipinski definition) is 4. The fraction of sp³-hybridized carbons (Fsp3) is 0.267. The van der Waals surface area contributed by atoms with Gasteiger partial charge in [-0.1, -0.05) is 0 Å². The summed E-state index contributed by atoms with van der Waals surface area (Å²) in [7, 11) is 0. The third-order valence-corrected chi connectivity index (χ3v) is 3.65. The van der Waals surface area contributed by atoms with Crippen LogP contribution in [0.2, 0.25) is 0 Å². The molecule has 0 aromatic carbocycles. The predicted molar refractivity (Wildman–Crippen MR) is 87.2 cm³/mol. The van der Waals surface area contributed by atoms with E-state index in [0.717, 1.165) is 6.20 Å². The number of hydrogen-bond acceptors (Lipinski definition) is 6. The summed E-state index contributed by atoms with van der Waals surface area (Å²) >= 11 is 0.